The molecule has 3 aromatic rings. The average molecular weight is 441 g/mol. The molecule has 0 fully saturated rings. The molecule has 1 atom stereocenters. The van der Waals surface area contributed by atoms with Crippen LogP contribution >= 0.6 is 23.1 Å². The summed E-state index contributed by atoms with van der Waals surface area (Å²) >= 11 is 3.38. The first-order valence-electron chi connectivity index (χ1n) is 10.1. The van der Waals surface area contributed by atoms with E-state index in [9.17, 15) is 9.59 Å². The third-order valence-electron chi connectivity index (χ3n) is 5.28. The maximum Gasteiger partial charge on any atom is 0.252 e. The van der Waals surface area contributed by atoms with Gasteiger partial charge in [-0.3, -0.25) is 14.6 Å². The lowest BCUT2D eigenvalue weighted by Gasteiger charge is -2.19. The Balaban J connectivity index is 1.63. The predicted molar refractivity (Wildman–Crippen MR) is 122 cm³/mol. The Bertz CT molecular complexity index is 1080. The molecule has 0 radical (unpaired) electrons. The Kier molecular flexibility index (Phi) is 6.64. The summed E-state index contributed by atoms with van der Waals surface area (Å²) in [5.74, 6) is 1.23. The maximum atomic E-state index is 13.1. The van der Waals surface area contributed by atoms with Gasteiger partial charge in [0.15, 0.2) is 0 Å². The Morgan fingerprint density at radius 2 is 2.23 bits per heavy atom. The number of nitrogens with zero attached hydrogens (tertiary/aromatic N) is 2. The van der Waals surface area contributed by atoms with Crippen molar-refractivity contribution in [3.63, 3.8) is 0 Å². The van der Waals surface area contributed by atoms with Gasteiger partial charge in [-0.25, -0.2) is 4.98 Å². The number of amides is 1. The summed E-state index contributed by atoms with van der Waals surface area (Å²) in [7, 11) is 0. The lowest BCUT2D eigenvalue weighted by atomic mass is 9.95. The topological polar surface area (TPSA) is 87.7 Å². The third-order valence-corrected chi connectivity index (χ3v) is 7.01. The predicted octanol–water partition coefficient (Wildman–Crippen LogP) is 4.00. The van der Waals surface area contributed by atoms with E-state index < -0.39 is 0 Å². The minimum absolute atomic E-state index is 0.0782. The smallest absolute Gasteiger partial charge is 0.252 e. The molecule has 1 aliphatic carbocycles. The van der Waals surface area contributed by atoms with Crippen molar-refractivity contribution in [2.45, 2.75) is 38.1 Å². The van der Waals surface area contributed by atoms with Crippen LogP contribution in [0.2, 0.25) is 0 Å². The number of thioether (sulfide) groups is 1. The van der Waals surface area contributed by atoms with E-state index in [2.05, 4.69) is 20.3 Å². The van der Waals surface area contributed by atoms with E-state index in [1.807, 2.05) is 17.7 Å². The van der Waals surface area contributed by atoms with Crippen LogP contribution in [-0.2, 0) is 12.8 Å². The number of aryl methyl sites for hydroxylation is 1. The molecule has 2 N–H and O–H groups in total. The molecule has 156 valence electrons. The molecule has 3 heterocycles. The Morgan fingerprint density at radius 1 is 1.37 bits per heavy atom. The first-order chi connectivity index (χ1) is 14.7. The highest BCUT2D eigenvalue weighted by atomic mass is 32.2. The number of carbonyl (C=O) groups is 1. The minimum Gasteiger partial charge on any atom is -0.344 e. The van der Waals surface area contributed by atoms with Gasteiger partial charge in [0.1, 0.15) is 5.82 Å². The van der Waals surface area contributed by atoms with Crippen LogP contribution in [0.5, 0.6) is 0 Å². The molecule has 0 aliphatic heterocycles. The molecular weight excluding hydrogens is 416 g/mol. The van der Waals surface area contributed by atoms with Gasteiger partial charge < -0.3 is 10.3 Å². The molecule has 1 amide bonds. The highest BCUT2D eigenvalue weighted by molar-refractivity contribution is 7.98. The van der Waals surface area contributed by atoms with Crippen molar-refractivity contribution in [3.8, 4) is 11.4 Å². The normalized spacial score (nSPS) is 14.2. The van der Waals surface area contributed by atoms with Crippen LogP contribution in [0.3, 0.4) is 0 Å². The number of H-pyrrole nitrogens is 1. The van der Waals surface area contributed by atoms with Crippen LogP contribution in [-0.4, -0.2) is 32.9 Å². The second-order valence-corrected chi connectivity index (χ2v) is 9.28. The molecule has 3 aromatic heterocycles. The molecule has 1 aliphatic rings. The molecular formula is C22H24N4O2S2. The molecule has 0 unspecified atom stereocenters. The largest absolute Gasteiger partial charge is 0.344 e. The van der Waals surface area contributed by atoms with E-state index in [1.54, 1.807) is 41.6 Å². The second-order valence-electron chi connectivity index (χ2n) is 7.33. The van der Waals surface area contributed by atoms with Crippen molar-refractivity contribution in [2.75, 3.05) is 12.0 Å². The quantitative estimate of drug-likeness (QED) is 0.580. The fourth-order valence-corrected chi connectivity index (χ4v) is 5.34. The molecule has 0 spiro atoms. The van der Waals surface area contributed by atoms with Gasteiger partial charge in [-0.15, -0.1) is 11.3 Å². The van der Waals surface area contributed by atoms with E-state index in [1.165, 1.54) is 22.9 Å². The number of carbonyl (C=O) groups excluding carboxylic acids is 1. The molecule has 0 bridgehead atoms. The maximum absolute atomic E-state index is 13.1. The number of hydrogen-bond acceptors (Lipinski definition) is 6. The van der Waals surface area contributed by atoms with Crippen molar-refractivity contribution in [3.05, 3.63) is 68.0 Å². The van der Waals surface area contributed by atoms with Crippen LogP contribution < -0.4 is 10.9 Å². The Morgan fingerprint density at radius 3 is 3.03 bits per heavy atom. The highest BCUT2D eigenvalue weighted by Crippen LogP contribution is 2.30. The minimum atomic E-state index is -0.332. The number of rotatable bonds is 7. The van der Waals surface area contributed by atoms with Gasteiger partial charge in [0.25, 0.3) is 11.5 Å². The SMILES string of the molecule is CSCC[C@@H](NC(=O)c1csc2c1CCCC2)c1cc(=O)[nH]c(-c2cccnc2)n1. The monoisotopic (exact) mass is 440 g/mol. The van der Waals surface area contributed by atoms with Crippen molar-refractivity contribution >= 4 is 29.0 Å². The molecule has 0 saturated carbocycles. The van der Waals surface area contributed by atoms with Gasteiger partial charge >= 0.3 is 0 Å². The number of fused-ring (bicyclic) bond motifs is 1. The molecule has 6 nitrogen and oxygen atoms in total. The average Bonchev–Trinajstić information content (AvgIpc) is 3.21. The van der Waals surface area contributed by atoms with Crippen molar-refractivity contribution in [2.24, 2.45) is 0 Å². The number of pyridine rings is 1. The van der Waals surface area contributed by atoms with Crippen LogP contribution in [0, 0.1) is 0 Å². The van der Waals surface area contributed by atoms with Gasteiger partial charge in [-0.2, -0.15) is 11.8 Å². The van der Waals surface area contributed by atoms with Gasteiger partial charge in [-0.05, 0) is 61.8 Å². The summed E-state index contributed by atoms with van der Waals surface area (Å²) in [4.78, 5) is 38.3. The molecule has 30 heavy (non-hydrogen) atoms. The number of nitrogens with one attached hydrogen (secondary N) is 2. The highest BCUT2D eigenvalue weighted by Gasteiger charge is 2.23. The zero-order valence-electron chi connectivity index (χ0n) is 16.8. The van der Waals surface area contributed by atoms with Crippen molar-refractivity contribution in [1.82, 2.24) is 20.3 Å². The van der Waals surface area contributed by atoms with Gasteiger partial charge in [0.2, 0.25) is 0 Å². The number of thiophene rings is 1. The zero-order chi connectivity index (χ0) is 20.9. The molecule has 0 saturated heterocycles. The summed E-state index contributed by atoms with van der Waals surface area (Å²) in [5.41, 5.74) is 3.04. The van der Waals surface area contributed by atoms with Crippen molar-refractivity contribution in [1.29, 1.82) is 0 Å². The number of aromatic nitrogens is 3. The van der Waals surface area contributed by atoms with E-state index in [4.69, 9.17) is 0 Å². The van der Waals surface area contributed by atoms with Crippen LogP contribution in [0.25, 0.3) is 11.4 Å². The van der Waals surface area contributed by atoms with Gasteiger partial charge in [-0.1, -0.05) is 0 Å². The van der Waals surface area contributed by atoms with E-state index >= 15 is 0 Å². The Labute approximate surface area is 183 Å². The summed E-state index contributed by atoms with van der Waals surface area (Å²) in [6.45, 7) is 0. The number of aromatic amines is 1. The van der Waals surface area contributed by atoms with Crippen LogP contribution in [0.15, 0.2) is 40.8 Å². The summed E-state index contributed by atoms with van der Waals surface area (Å²) in [6, 6.07) is 4.80. The second kappa shape index (κ2) is 9.57. The van der Waals surface area contributed by atoms with E-state index in [0.29, 0.717) is 17.9 Å². The molecule has 8 heteroatoms. The first kappa shape index (κ1) is 20.8. The van der Waals surface area contributed by atoms with Crippen molar-refractivity contribution < 1.29 is 4.79 Å². The number of hydrogen-bond donors (Lipinski definition) is 2. The van der Waals surface area contributed by atoms with E-state index in [-0.39, 0.29) is 17.5 Å². The summed E-state index contributed by atoms with van der Waals surface area (Å²) in [6.07, 6.45) is 10.4. The lowest BCUT2D eigenvalue weighted by molar-refractivity contribution is 0.0934. The van der Waals surface area contributed by atoms with E-state index in [0.717, 1.165) is 36.1 Å². The van der Waals surface area contributed by atoms with Crippen LogP contribution in [0.4, 0.5) is 0 Å². The fourth-order valence-electron chi connectivity index (χ4n) is 3.74. The van der Waals surface area contributed by atoms with Gasteiger partial charge in [0, 0.05) is 34.3 Å². The standard InChI is InChI=1S/C22H24N4O2S2/c1-29-10-8-17(25-22(28)16-13-30-19-7-3-2-6-15(16)19)18-11-20(27)26-21(24-18)14-5-4-9-23-12-14/h4-5,9,11-13,17H,2-3,6-8,10H2,1H3,(H,25,28)(H,24,26,27)/t17-/m1/s1. The fraction of sp³-hybridized carbons (Fsp3) is 0.364. The molecule has 0 aromatic carbocycles. The third kappa shape index (κ3) is 4.65. The summed E-state index contributed by atoms with van der Waals surface area (Å²) in [5, 5.41) is 5.13. The summed E-state index contributed by atoms with van der Waals surface area (Å²) < 4.78 is 0. The molecule has 4 rings (SSSR count). The van der Waals surface area contributed by atoms with Crippen LogP contribution in [0.1, 0.15) is 51.8 Å². The lowest BCUT2D eigenvalue weighted by Crippen LogP contribution is -2.31. The van der Waals surface area contributed by atoms with Gasteiger partial charge in [0.05, 0.1) is 17.3 Å². The zero-order valence-corrected chi connectivity index (χ0v) is 18.4. The Hall–Kier alpha value is -2.45. The first-order valence-corrected chi connectivity index (χ1v) is 12.3.